The minimum atomic E-state index is -0.552. The van der Waals surface area contributed by atoms with Gasteiger partial charge >= 0.3 is 5.97 Å². The van der Waals surface area contributed by atoms with Gasteiger partial charge in [-0.2, -0.15) is 5.10 Å². The van der Waals surface area contributed by atoms with Crippen molar-refractivity contribution in [2.75, 3.05) is 18.5 Å². The molecule has 0 atom stereocenters. The number of nitrogens with zero attached hydrogens (tertiary/aromatic N) is 3. The standard InChI is InChI=1S/C11H19N5O3/c1-3-5-15(2)9-7-10(17)16(13-8-9)6-4-11(18)19-14-12/h7-8,14H,3-6,12H2,1-2H3. The van der Waals surface area contributed by atoms with Crippen LogP contribution in [-0.2, 0) is 16.2 Å². The van der Waals surface area contributed by atoms with E-state index in [-0.39, 0.29) is 18.5 Å². The first-order valence-electron chi connectivity index (χ1n) is 6.02. The number of aryl methyl sites for hydroxylation is 1. The smallest absolute Gasteiger partial charge is 0.328 e. The maximum Gasteiger partial charge on any atom is 0.328 e. The van der Waals surface area contributed by atoms with Crippen molar-refractivity contribution in [1.29, 1.82) is 0 Å². The summed E-state index contributed by atoms with van der Waals surface area (Å²) in [6.07, 6.45) is 2.60. The molecule has 0 amide bonds. The molecule has 3 N–H and O–H groups in total. The molecule has 0 fully saturated rings. The van der Waals surface area contributed by atoms with Crippen molar-refractivity contribution < 1.29 is 9.63 Å². The van der Waals surface area contributed by atoms with Crippen LogP contribution in [-0.4, -0.2) is 29.3 Å². The molecule has 0 spiro atoms. The highest BCUT2D eigenvalue weighted by atomic mass is 16.7. The first-order valence-corrected chi connectivity index (χ1v) is 6.02. The Morgan fingerprint density at radius 1 is 1.63 bits per heavy atom. The minimum absolute atomic E-state index is 0.0151. The Balaban J connectivity index is 2.67. The van der Waals surface area contributed by atoms with Gasteiger partial charge in [-0.25, -0.2) is 10.5 Å². The van der Waals surface area contributed by atoms with E-state index in [4.69, 9.17) is 5.84 Å². The summed E-state index contributed by atoms with van der Waals surface area (Å²) in [6, 6.07) is 1.50. The molecule has 1 aromatic heterocycles. The molecule has 1 rings (SSSR count). The van der Waals surface area contributed by atoms with E-state index in [1.807, 2.05) is 11.9 Å². The highest BCUT2D eigenvalue weighted by molar-refractivity contribution is 5.68. The molecule has 106 valence electrons. The zero-order chi connectivity index (χ0) is 14.3. The van der Waals surface area contributed by atoms with Gasteiger partial charge < -0.3 is 9.74 Å². The number of hydrogen-bond donors (Lipinski definition) is 2. The molecule has 0 aliphatic rings. The number of rotatable bonds is 7. The number of carbonyl (C=O) groups is 1. The van der Waals surface area contributed by atoms with Crippen LogP contribution in [0.4, 0.5) is 5.69 Å². The van der Waals surface area contributed by atoms with Gasteiger partial charge in [0.25, 0.3) is 5.56 Å². The Bertz CT molecular complexity index is 474. The SMILES string of the molecule is CCCN(C)c1cnn(CCC(=O)ONN)c(=O)c1. The van der Waals surface area contributed by atoms with Crippen LogP contribution in [0.2, 0.25) is 0 Å². The van der Waals surface area contributed by atoms with Crippen LogP contribution < -0.4 is 21.9 Å². The van der Waals surface area contributed by atoms with Gasteiger partial charge in [0, 0.05) is 19.7 Å². The second kappa shape index (κ2) is 7.49. The molecule has 0 unspecified atom stereocenters. The second-order valence-corrected chi connectivity index (χ2v) is 4.04. The zero-order valence-electron chi connectivity index (χ0n) is 11.1. The van der Waals surface area contributed by atoms with Crippen molar-refractivity contribution in [1.82, 2.24) is 15.4 Å². The molecule has 8 heteroatoms. The summed E-state index contributed by atoms with van der Waals surface area (Å²) in [5, 5.41) is 4.02. The second-order valence-electron chi connectivity index (χ2n) is 4.04. The average molecular weight is 269 g/mol. The van der Waals surface area contributed by atoms with Crippen molar-refractivity contribution in [2.24, 2.45) is 5.84 Å². The van der Waals surface area contributed by atoms with Gasteiger partial charge in [0.15, 0.2) is 0 Å². The molecule has 1 heterocycles. The van der Waals surface area contributed by atoms with Gasteiger partial charge in [-0.15, -0.1) is 0 Å². The number of nitrogens with two attached hydrogens (primary N) is 1. The Morgan fingerprint density at radius 3 is 2.95 bits per heavy atom. The van der Waals surface area contributed by atoms with Gasteiger partial charge in [-0.05, 0) is 6.42 Å². The maximum absolute atomic E-state index is 11.8. The molecular formula is C11H19N5O3. The Labute approximate surface area is 111 Å². The predicted octanol–water partition coefficient (Wildman–Crippen LogP) is -0.599. The lowest BCUT2D eigenvalue weighted by Gasteiger charge is -2.17. The summed E-state index contributed by atoms with van der Waals surface area (Å²) in [7, 11) is 1.90. The minimum Gasteiger partial charge on any atom is -0.373 e. The monoisotopic (exact) mass is 269 g/mol. The molecule has 0 saturated heterocycles. The lowest BCUT2D eigenvalue weighted by Crippen LogP contribution is -2.29. The van der Waals surface area contributed by atoms with Crippen LogP contribution in [0.3, 0.4) is 0 Å². The van der Waals surface area contributed by atoms with Gasteiger partial charge in [-0.3, -0.25) is 9.59 Å². The molecule has 1 aromatic rings. The van der Waals surface area contributed by atoms with Gasteiger partial charge in [0.1, 0.15) is 0 Å². The van der Waals surface area contributed by atoms with Crippen LogP contribution in [0.5, 0.6) is 0 Å². The molecule has 0 aliphatic carbocycles. The van der Waals surface area contributed by atoms with E-state index in [2.05, 4.69) is 16.9 Å². The van der Waals surface area contributed by atoms with Crippen LogP contribution in [0, 0.1) is 0 Å². The maximum atomic E-state index is 11.8. The number of anilines is 1. The first-order chi connectivity index (χ1) is 9.08. The predicted molar refractivity (Wildman–Crippen MR) is 70.1 cm³/mol. The molecule has 19 heavy (non-hydrogen) atoms. The summed E-state index contributed by atoms with van der Waals surface area (Å²) in [4.78, 5) is 29.2. The lowest BCUT2D eigenvalue weighted by atomic mass is 10.3. The Morgan fingerprint density at radius 2 is 2.37 bits per heavy atom. The molecule has 0 aliphatic heterocycles. The van der Waals surface area contributed by atoms with Crippen molar-refractivity contribution >= 4 is 11.7 Å². The third-order valence-electron chi connectivity index (χ3n) is 2.56. The highest BCUT2D eigenvalue weighted by Crippen LogP contribution is 2.07. The van der Waals surface area contributed by atoms with E-state index in [0.29, 0.717) is 0 Å². The summed E-state index contributed by atoms with van der Waals surface area (Å²) < 4.78 is 1.21. The van der Waals surface area contributed by atoms with E-state index in [0.717, 1.165) is 18.7 Å². The molecule has 8 nitrogen and oxygen atoms in total. The van der Waals surface area contributed by atoms with E-state index < -0.39 is 5.97 Å². The fraction of sp³-hybridized carbons (Fsp3) is 0.545. The molecular weight excluding hydrogens is 250 g/mol. The summed E-state index contributed by atoms with van der Waals surface area (Å²) >= 11 is 0. The zero-order valence-corrected chi connectivity index (χ0v) is 11.1. The quantitative estimate of drug-likeness (QED) is 0.503. The number of nitrogens with one attached hydrogen (secondary N) is 1. The van der Waals surface area contributed by atoms with Gasteiger partial charge in [0.05, 0.1) is 24.8 Å². The van der Waals surface area contributed by atoms with Crippen molar-refractivity contribution in [3.8, 4) is 0 Å². The van der Waals surface area contributed by atoms with Crippen molar-refractivity contribution in [3.63, 3.8) is 0 Å². The van der Waals surface area contributed by atoms with Crippen LogP contribution in [0.1, 0.15) is 19.8 Å². The third kappa shape index (κ3) is 4.68. The number of carbonyl (C=O) groups excluding carboxylic acids is 1. The fourth-order valence-corrected chi connectivity index (χ4v) is 1.58. The fourth-order valence-electron chi connectivity index (χ4n) is 1.58. The van der Waals surface area contributed by atoms with E-state index >= 15 is 0 Å². The van der Waals surface area contributed by atoms with Crippen molar-refractivity contribution in [2.45, 2.75) is 26.3 Å². The topological polar surface area (TPSA) is 102 Å². The average Bonchev–Trinajstić information content (AvgIpc) is 2.38. The van der Waals surface area contributed by atoms with E-state index in [1.54, 1.807) is 11.8 Å². The summed E-state index contributed by atoms with van der Waals surface area (Å²) in [5.41, 5.74) is 2.30. The van der Waals surface area contributed by atoms with Crippen molar-refractivity contribution in [3.05, 3.63) is 22.6 Å². The number of hydrazine groups is 1. The van der Waals surface area contributed by atoms with Gasteiger partial charge in [-0.1, -0.05) is 12.5 Å². The van der Waals surface area contributed by atoms with Gasteiger partial charge in [0.2, 0.25) is 0 Å². The molecule has 0 radical (unpaired) electrons. The lowest BCUT2D eigenvalue weighted by molar-refractivity contribution is -0.151. The molecule has 0 bridgehead atoms. The Kier molecular flexibility index (Phi) is 5.97. The largest absolute Gasteiger partial charge is 0.373 e. The third-order valence-corrected chi connectivity index (χ3v) is 2.56. The normalized spacial score (nSPS) is 10.3. The Hall–Kier alpha value is -1.93. The number of hydrogen-bond acceptors (Lipinski definition) is 7. The van der Waals surface area contributed by atoms with Crippen LogP contribution in [0.15, 0.2) is 17.1 Å². The first kappa shape index (κ1) is 15.1. The van der Waals surface area contributed by atoms with Crippen LogP contribution >= 0.6 is 0 Å². The molecule has 0 aromatic carbocycles. The summed E-state index contributed by atoms with van der Waals surface area (Å²) in [5.74, 6) is 4.27. The van der Waals surface area contributed by atoms with Crippen LogP contribution in [0.25, 0.3) is 0 Å². The number of aromatic nitrogens is 2. The highest BCUT2D eigenvalue weighted by Gasteiger charge is 2.07. The molecule has 0 saturated carbocycles. The summed E-state index contributed by atoms with van der Waals surface area (Å²) in [6.45, 7) is 3.05. The van der Waals surface area contributed by atoms with E-state index in [1.165, 1.54) is 10.7 Å². The van der Waals surface area contributed by atoms with E-state index in [9.17, 15) is 9.59 Å².